The second kappa shape index (κ2) is 6.34. The molecule has 1 N–H and O–H groups in total. The van der Waals surface area contributed by atoms with Crippen molar-refractivity contribution < 1.29 is 9.53 Å². The monoisotopic (exact) mass is 341 g/mol. The average molecular weight is 341 g/mol. The molecular formula is C22H31NO2. The smallest absolute Gasteiger partial charge is 0.251 e. The predicted octanol–water partition coefficient (Wildman–Crippen LogP) is 4.81. The predicted molar refractivity (Wildman–Crippen MR) is 99.7 cm³/mol. The molecule has 0 aromatic heterocycles. The van der Waals surface area contributed by atoms with Gasteiger partial charge in [0.15, 0.2) is 0 Å². The van der Waals surface area contributed by atoms with Gasteiger partial charge in [-0.15, -0.1) is 0 Å². The molecule has 0 heterocycles. The lowest BCUT2D eigenvalue weighted by Crippen LogP contribution is -2.55. The number of carbonyl (C=O) groups is 1. The molecule has 0 spiro atoms. The summed E-state index contributed by atoms with van der Waals surface area (Å²) in [6.45, 7) is 6.25. The maximum atomic E-state index is 12.7. The molecule has 4 fully saturated rings. The molecule has 0 aliphatic heterocycles. The van der Waals surface area contributed by atoms with E-state index >= 15 is 0 Å². The summed E-state index contributed by atoms with van der Waals surface area (Å²) in [5, 5.41) is 3.33. The number of ether oxygens (including phenoxy) is 1. The minimum absolute atomic E-state index is 0.0549. The van der Waals surface area contributed by atoms with Crippen LogP contribution in [0.15, 0.2) is 24.3 Å². The minimum Gasteiger partial charge on any atom is -0.491 e. The Labute approximate surface area is 151 Å². The number of benzene rings is 1. The number of rotatable bonds is 5. The zero-order valence-corrected chi connectivity index (χ0v) is 15.8. The largest absolute Gasteiger partial charge is 0.491 e. The number of hydrogen-bond donors (Lipinski definition) is 1. The summed E-state index contributed by atoms with van der Waals surface area (Å²) in [7, 11) is 0. The van der Waals surface area contributed by atoms with E-state index in [1.807, 2.05) is 38.1 Å². The summed E-state index contributed by atoms with van der Waals surface area (Å²) in [6.07, 6.45) is 8.44. The average Bonchev–Trinajstić information content (AvgIpc) is 2.53. The molecule has 1 amide bonds. The molecule has 0 unspecified atom stereocenters. The third-order valence-corrected chi connectivity index (χ3v) is 6.84. The molecule has 0 saturated heterocycles. The summed E-state index contributed by atoms with van der Waals surface area (Å²) in [5.41, 5.74) is 1.08. The number of nitrogens with one attached hydrogen (secondary N) is 1. The third-order valence-electron chi connectivity index (χ3n) is 6.84. The molecule has 1 atom stereocenters. The van der Waals surface area contributed by atoms with Gasteiger partial charge in [0, 0.05) is 11.6 Å². The number of carbonyl (C=O) groups excluding carboxylic acids is 1. The molecule has 4 bridgehead atoms. The minimum atomic E-state index is 0.0549. The summed E-state index contributed by atoms with van der Waals surface area (Å²) in [6, 6.07) is 7.80. The van der Waals surface area contributed by atoms with Crippen LogP contribution in [0.5, 0.6) is 5.75 Å². The molecule has 4 aliphatic rings. The van der Waals surface area contributed by atoms with Gasteiger partial charge in [-0.1, -0.05) is 0 Å². The number of amides is 1. The van der Waals surface area contributed by atoms with Crippen LogP contribution in [0.1, 0.15) is 69.7 Å². The fourth-order valence-electron chi connectivity index (χ4n) is 6.10. The first kappa shape index (κ1) is 16.9. The lowest BCUT2D eigenvalue weighted by molar-refractivity contribution is -0.0688. The van der Waals surface area contributed by atoms with Crippen molar-refractivity contribution in [1.82, 2.24) is 5.32 Å². The summed E-state index contributed by atoms with van der Waals surface area (Å²) >= 11 is 0. The molecule has 5 rings (SSSR count). The topological polar surface area (TPSA) is 38.3 Å². The molecule has 1 aromatic rings. The first-order valence-corrected chi connectivity index (χ1v) is 10.0. The van der Waals surface area contributed by atoms with Crippen molar-refractivity contribution in [3.63, 3.8) is 0 Å². The highest BCUT2D eigenvalue weighted by atomic mass is 16.5. The zero-order valence-electron chi connectivity index (χ0n) is 15.8. The Bertz CT molecular complexity index is 599. The Hall–Kier alpha value is -1.51. The summed E-state index contributed by atoms with van der Waals surface area (Å²) < 4.78 is 5.66. The van der Waals surface area contributed by atoms with Crippen LogP contribution >= 0.6 is 0 Å². The second-order valence-electron chi connectivity index (χ2n) is 9.17. The van der Waals surface area contributed by atoms with Gasteiger partial charge in [-0.3, -0.25) is 4.79 Å². The Balaban J connectivity index is 1.42. The van der Waals surface area contributed by atoms with Gasteiger partial charge in [0.2, 0.25) is 0 Å². The van der Waals surface area contributed by atoms with Crippen molar-refractivity contribution in [2.45, 2.75) is 71.4 Å². The van der Waals surface area contributed by atoms with E-state index in [1.54, 1.807) is 0 Å². The van der Waals surface area contributed by atoms with Crippen LogP contribution in [0.4, 0.5) is 0 Å². The van der Waals surface area contributed by atoms with E-state index in [0.29, 0.717) is 5.41 Å². The molecule has 3 nitrogen and oxygen atoms in total. The van der Waals surface area contributed by atoms with Crippen LogP contribution in [0.2, 0.25) is 0 Å². The Kier molecular flexibility index (Phi) is 4.29. The first-order valence-electron chi connectivity index (χ1n) is 10.0. The van der Waals surface area contributed by atoms with Gasteiger partial charge in [-0.05, 0) is 107 Å². The standard InChI is InChI=1S/C22H31NO2/c1-14(2)25-20-6-4-19(5-7-20)21(24)23-15(3)22-11-16-8-17(12-22)10-18(9-16)13-22/h4-7,14-18H,8-13H2,1-3H3,(H,23,24)/t15-,16?,17?,18?,22?/m0/s1. The van der Waals surface area contributed by atoms with E-state index in [4.69, 9.17) is 4.74 Å². The van der Waals surface area contributed by atoms with Crippen molar-refractivity contribution in [3.8, 4) is 5.75 Å². The van der Waals surface area contributed by atoms with Crippen LogP contribution in [0.3, 0.4) is 0 Å². The van der Waals surface area contributed by atoms with Gasteiger partial charge in [-0.25, -0.2) is 0 Å². The molecule has 1 aromatic carbocycles. The van der Waals surface area contributed by atoms with E-state index in [9.17, 15) is 4.79 Å². The van der Waals surface area contributed by atoms with E-state index in [1.165, 1.54) is 38.5 Å². The van der Waals surface area contributed by atoms with Gasteiger partial charge in [0.1, 0.15) is 5.75 Å². The Morgan fingerprint density at radius 3 is 2.00 bits per heavy atom. The number of hydrogen-bond acceptors (Lipinski definition) is 2. The highest BCUT2D eigenvalue weighted by Crippen LogP contribution is 2.61. The molecule has 4 saturated carbocycles. The van der Waals surface area contributed by atoms with E-state index < -0.39 is 0 Å². The lowest BCUT2D eigenvalue weighted by atomic mass is 9.48. The van der Waals surface area contributed by atoms with Crippen LogP contribution in [0.25, 0.3) is 0 Å². The van der Waals surface area contributed by atoms with Gasteiger partial charge >= 0.3 is 0 Å². The lowest BCUT2D eigenvalue weighted by Gasteiger charge is -2.59. The van der Waals surface area contributed by atoms with Crippen molar-refractivity contribution >= 4 is 5.91 Å². The van der Waals surface area contributed by atoms with Crippen molar-refractivity contribution in [3.05, 3.63) is 29.8 Å². The van der Waals surface area contributed by atoms with Gasteiger partial charge in [-0.2, -0.15) is 0 Å². The fourth-order valence-corrected chi connectivity index (χ4v) is 6.10. The second-order valence-corrected chi connectivity index (χ2v) is 9.17. The molecule has 0 radical (unpaired) electrons. The normalized spacial score (nSPS) is 34.2. The van der Waals surface area contributed by atoms with Crippen LogP contribution in [0, 0.1) is 23.2 Å². The third kappa shape index (κ3) is 3.30. The summed E-state index contributed by atoms with van der Waals surface area (Å²) in [5.74, 6) is 3.62. The van der Waals surface area contributed by atoms with Crippen molar-refractivity contribution in [2.24, 2.45) is 23.2 Å². The quantitative estimate of drug-likeness (QED) is 0.835. The van der Waals surface area contributed by atoms with Crippen LogP contribution < -0.4 is 10.1 Å². The molecular weight excluding hydrogens is 310 g/mol. The Morgan fingerprint density at radius 1 is 1.00 bits per heavy atom. The molecule has 136 valence electrons. The van der Waals surface area contributed by atoms with Gasteiger partial charge in [0.25, 0.3) is 5.91 Å². The molecule has 3 heteroatoms. The highest BCUT2D eigenvalue weighted by molar-refractivity contribution is 5.94. The maximum absolute atomic E-state index is 12.7. The van der Waals surface area contributed by atoms with Crippen molar-refractivity contribution in [2.75, 3.05) is 0 Å². The zero-order chi connectivity index (χ0) is 17.6. The van der Waals surface area contributed by atoms with E-state index in [2.05, 4.69) is 12.2 Å². The fraction of sp³-hybridized carbons (Fsp3) is 0.682. The first-order chi connectivity index (χ1) is 11.9. The molecule has 25 heavy (non-hydrogen) atoms. The Morgan fingerprint density at radius 2 is 1.52 bits per heavy atom. The molecule has 4 aliphatic carbocycles. The van der Waals surface area contributed by atoms with Crippen LogP contribution in [-0.4, -0.2) is 18.1 Å². The van der Waals surface area contributed by atoms with Crippen LogP contribution in [-0.2, 0) is 0 Å². The van der Waals surface area contributed by atoms with E-state index in [-0.39, 0.29) is 18.1 Å². The van der Waals surface area contributed by atoms with Gasteiger partial charge < -0.3 is 10.1 Å². The highest BCUT2D eigenvalue weighted by Gasteiger charge is 2.53. The summed E-state index contributed by atoms with van der Waals surface area (Å²) in [4.78, 5) is 12.7. The van der Waals surface area contributed by atoms with Gasteiger partial charge in [0.05, 0.1) is 6.10 Å². The van der Waals surface area contributed by atoms with E-state index in [0.717, 1.165) is 29.1 Å². The van der Waals surface area contributed by atoms with Crippen molar-refractivity contribution in [1.29, 1.82) is 0 Å². The SMILES string of the molecule is CC(C)Oc1ccc(C(=O)N[C@@H](C)C23CC4CC(CC(C4)C2)C3)cc1. The maximum Gasteiger partial charge on any atom is 0.251 e.